The van der Waals surface area contributed by atoms with Crippen LogP contribution < -0.4 is 11.1 Å². The van der Waals surface area contributed by atoms with Crippen LogP contribution in [0.2, 0.25) is 0 Å². The highest BCUT2D eigenvalue weighted by atomic mass is 19.4. The van der Waals surface area contributed by atoms with Crippen molar-refractivity contribution in [2.75, 3.05) is 0 Å². The van der Waals surface area contributed by atoms with Crippen molar-refractivity contribution in [1.29, 1.82) is 0 Å². The van der Waals surface area contributed by atoms with Gasteiger partial charge in [0.25, 0.3) is 5.91 Å². The molecule has 0 aliphatic rings. The second-order valence-electron chi connectivity index (χ2n) is 7.19. The molecule has 0 radical (unpaired) electrons. The van der Waals surface area contributed by atoms with Crippen molar-refractivity contribution in [3.8, 4) is 5.75 Å². The maximum absolute atomic E-state index is 13.5. The van der Waals surface area contributed by atoms with E-state index in [4.69, 9.17) is 0 Å². The van der Waals surface area contributed by atoms with E-state index in [0.29, 0.717) is 10.9 Å². The molecule has 0 saturated heterocycles. The van der Waals surface area contributed by atoms with Crippen LogP contribution in [-0.4, -0.2) is 39.2 Å². The number of H-pyrrole nitrogens is 1. The van der Waals surface area contributed by atoms with E-state index in [1.165, 1.54) is 36.4 Å². The number of rotatable bonds is 7. The van der Waals surface area contributed by atoms with Crippen molar-refractivity contribution in [1.82, 2.24) is 10.3 Å². The van der Waals surface area contributed by atoms with E-state index in [1.807, 2.05) is 0 Å². The van der Waals surface area contributed by atoms with Gasteiger partial charge in [-0.15, -0.1) is 0 Å². The number of fused-ring (bicyclic) bond motifs is 1. The van der Waals surface area contributed by atoms with Gasteiger partial charge < -0.3 is 26.2 Å². The number of quaternary nitrogens is 1. The third-order valence-electron chi connectivity index (χ3n) is 4.91. The number of aromatic hydroxyl groups is 1. The lowest BCUT2D eigenvalue weighted by Crippen LogP contribution is -2.69. The van der Waals surface area contributed by atoms with Gasteiger partial charge in [0, 0.05) is 23.7 Å². The molecule has 0 aliphatic heterocycles. The zero-order valence-corrected chi connectivity index (χ0v) is 16.2. The van der Waals surface area contributed by atoms with Crippen LogP contribution in [0, 0.1) is 0 Å². The Hall–Kier alpha value is -3.53. The Morgan fingerprint density at radius 3 is 2.32 bits per heavy atom. The molecule has 2 aromatic carbocycles. The average Bonchev–Trinajstić information content (AvgIpc) is 3.08. The highest BCUT2D eigenvalue weighted by molar-refractivity contribution is 5.88. The van der Waals surface area contributed by atoms with Crippen LogP contribution in [0.15, 0.2) is 48.5 Å². The fourth-order valence-electron chi connectivity index (χ4n) is 3.35. The number of phenols is 1. The summed E-state index contributed by atoms with van der Waals surface area (Å²) < 4.78 is 40.4. The Morgan fingerprint density at radius 2 is 1.71 bits per heavy atom. The van der Waals surface area contributed by atoms with Crippen molar-refractivity contribution >= 4 is 22.8 Å². The minimum absolute atomic E-state index is 0.0108. The largest absolute Gasteiger partial charge is 0.508 e. The summed E-state index contributed by atoms with van der Waals surface area (Å²) in [6.07, 6.45) is -5.03. The first-order valence-electron chi connectivity index (χ1n) is 9.37. The van der Waals surface area contributed by atoms with Gasteiger partial charge in [-0.3, -0.25) is 4.79 Å². The molecule has 1 aromatic heterocycles. The van der Waals surface area contributed by atoms with Gasteiger partial charge >= 0.3 is 12.1 Å². The van der Waals surface area contributed by atoms with Gasteiger partial charge in [0.05, 0.1) is 0 Å². The molecule has 164 valence electrons. The Kier molecular flexibility index (Phi) is 6.21. The number of carboxylic acids is 1. The number of amides is 1. The first-order chi connectivity index (χ1) is 14.6. The SMILES string of the molecule is [NH3+][C@@H](Cc1c(C(F)(F)F)[nH]c2ccccc12)C(=O)N[C@@H](Cc1ccc(O)cc1)C(=O)O. The molecule has 31 heavy (non-hydrogen) atoms. The number of carboxylic acid groups (broad SMARTS) is 1. The number of halogens is 3. The number of hydrogen-bond acceptors (Lipinski definition) is 3. The fraction of sp³-hybridized carbons (Fsp3) is 0.238. The van der Waals surface area contributed by atoms with Crippen molar-refractivity contribution in [2.45, 2.75) is 31.1 Å². The zero-order valence-electron chi connectivity index (χ0n) is 16.2. The van der Waals surface area contributed by atoms with Gasteiger partial charge in [0.2, 0.25) is 0 Å². The lowest BCUT2D eigenvalue weighted by Gasteiger charge is -2.17. The number of para-hydroxylation sites is 1. The van der Waals surface area contributed by atoms with Crippen molar-refractivity contribution in [2.24, 2.45) is 0 Å². The molecule has 3 aromatic rings. The number of aromatic nitrogens is 1. The van der Waals surface area contributed by atoms with Gasteiger partial charge in [0.1, 0.15) is 17.5 Å². The number of nitrogens with one attached hydrogen (secondary N) is 2. The van der Waals surface area contributed by atoms with Crippen molar-refractivity contribution in [3.05, 3.63) is 65.4 Å². The predicted octanol–water partition coefficient (Wildman–Crippen LogP) is 1.86. The number of aliphatic carboxylic acids is 1. The van der Waals surface area contributed by atoms with Crippen LogP contribution in [0.4, 0.5) is 13.2 Å². The summed E-state index contributed by atoms with van der Waals surface area (Å²) in [6, 6.07) is 9.56. The van der Waals surface area contributed by atoms with Gasteiger partial charge in [-0.05, 0) is 29.3 Å². The summed E-state index contributed by atoms with van der Waals surface area (Å²) in [5, 5.41) is 21.4. The second-order valence-corrected chi connectivity index (χ2v) is 7.19. The molecule has 10 heteroatoms. The molecule has 1 amide bonds. The Labute approximate surface area is 174 Å². The summed E-state index contributed by atoms with van der Waals surface area (Å²) in [5.41, 5.74) is 3.45. The monoisotopic (exact) mass is 436 g/mol. The van der Waals surface area contributed by atoms with Gasteiger partial charge in [-0.1, -0.05) is 30.3 Å². The van der Waals surface area contributed by atoms with Crippen LogP contribution in [-0.2, 0) is 28.6 Å². The number of benzene rings is 2. The van der Waals surface area contributed by atoms with Crippen LogP contribution in [0.5, 0.6) is 5.75 Å². The molecule has 0 spiro atoms. The minimum atomic E-state index is -4.65. The number of aromatic amines is 1. The molecular weight excluding hydrogens is 415 g/mol. The molecule has 7 N–H and O–H groups in total. The predicted molar refractivity (Wildman–Crippen MR) is 105 cm³/mol. The molecular formula is C21H21F3N3O4+. The molecule has 0 bridgehead atoms. The van der Waals surface area contributed by atoms with E-state index in [9.17, 15) is 33.0 Å². The minimum Gasteiger partial charge on any atom is -0.508 e. The second kappa shape index (κ2) is 8.68. The van der Waals surface area contributed by atoms with Gasteiger partial charge in [0.15, 0.2) is 6.04 Å². The lowest BCUT2D eigenvalue weighted by atomic mass is 10.0. The maximum Gasteiger partial charge on any atom is 0.431 e. The van der Waals surface area contributed by atoms with Crippen LogP contribution in [0.3, 0.4) is 0 Å². The molecule has 1 heterocycles. The van der Waals surface area contributed by atoms with E-state index in [-0.39, 0.29) is 29.7 Å². The normalized spacial score (nSPS) is 13.7. The van der Waals surface area contributed by atoms with Crippen LogP contribution >= 0.6 is 0 Å². The van der Waals surface area contributed by atoms with E-state index in [2.05, 4.69) is 16.0 Å². The molecule has 3 rings (SSSR count). The molecule has 0 saturated carbocycles. The number of carbonyl (C=O) groups excluding carboxylic acids is 1. The van der Waals surface area contributed by atoms with E-state index in [0.717, 1.165) is 0 Å². The molecule has 0 aliphatic carbocycles. The molecule has 0 fully saturated rings. The number of hydrogen-bond donors (Lipinski definition) is 5. The molecule has 0 unspecified atom stereocenters. The number of alkyl halides is 3. The summed E-state index contributed by atoms with van der Waals surface area (Å²) >= 11 is 0. The lowest BCUT2D eigenvalue weighted by molar-refractivity contribution is -0.403. The van der Waals surface area contributed by atoms with Gasteiger partial charge in [-0.25, -0.2) is 4.79 Å². The fourth-order valence-corrected chi connectivity index (χ4v) is 3.35. The Bertz CT molecular complexity index is 1090. The quantitative estimate of drug-likeness (QED) is 0.387. The van der Waals surface area contributed by atoms with E-state index < -0.39 is 35.8 Å². The highest BCUT2D eigenvalue weighted by Gasteiger charge is 2.38. The average molecular weight is 436 g/mol. The smallest absolute Gasteiger partial charge is 0.431 e. The van der Waals surface area contributed by atoms with E-state index in [1.54, 1.807) is 12.1 Å². The van der Waals surface area contributed by atoms with Gasteiger partial charge in [-0.2, -0.15) is 13.2 Å². The number of phenolic OH excluding ortho intramolecular Hbond substituents is 1. The topological polar surface area (TPSA) is 130 Å². The van der Waals surface area contributed by atoms with Crippen LogP contribution in [0.1, 0.15) is 16.8 Å². The summed E-state index contributed by atoms with van der Waals surface area (Å²) in [4.78, 5) is 26.5. The molecule has 2 atom stereocenters. The Balaban J connectivity index is 1.78. The van der Waals surface area contributed by atoms with E-state index >= 15 is 0 Å². The zero-order chi connectivity index (χ0) is 22.8. The standard InChI is InChI=1S/C21H20F3N3O4/c22-21(23,24)18-14(13-3-1-2-4-16(13)26-18)10-15(25)19(29)27-17(20(30)31)9-11-5-7-12(28)8-6-11/h1-8,15,17,26,28H,9-10,25H2,(H,27,29)(H,30,31)/p+1/t15-,17-/m0/s1. The van der Waals surface area contributed by atoms with Crippen LogP contribution in [0.25, 0.3) is 10.9 Å². The summed E-state index contributed by atoms with van der Waals surface area (Å²) in [5.74, 6) is -2.06. The Morgan fingerprint density at radius 1 is 1.06 bits per heavy atom. The first-order valence-corrected chi connectivity index (χ1v) is 9.37. The third kappa shape index (κ3) is 5.15. The first kappa shape index (κ1) is 22.2. The maximum atomic E-state index is 13.5. The van der Waals surface area contributed by atoms with Crippen molar-refractivity contribution < 1.29 is 38.7 Å². The van der Waals surface area contributed by atoms with Crippen molar-refractivity contribution in [3.63, 3.8) is 0 Å². The molecule has 7 nitrogen and oxygen atoms in total. The summed E-state index contributed by atoms with van der Waals surface area (Å²) in [7, 11) is 0. The summed E-state index contributed by atoms with van der Waals surface area (Å²) in [6.45, 7) is 0. The number of carbonyl (C=O) groups is 2. The highest BCUT2D eigenvalue weighted by Crippen LogP contribution is 2.35. The third-order valence-corrected chi connectivity index (χ3v) is 4.91.